The van der Waals surface area contributed by atoms with E-state index in [1.165, 1.54) is 38.4 Å². The van der Waals surface area contributed by atoms with Crippen LogP contribution < -0.4 is 4.74 Å². The van der Waals surface area contributed by atoms with E-state index in [1.54, 1.807) is 0 Å². The van der Waals surface area contributed by atoms with E-state index in [2.05, 4.69) is 24.3 Å². The number of benzene rings is 2. The summed E-state index contributed by atoms with van der Waals surface area (Å²) >= 11 is 0. The summed E-state index contributed by atoms with van der Waals surface area (Å²) in [5.41, 5.74) is 4.31. The third kappa shape index (κ3) is 4.30. The molecule has 0 aliphatic heterocycles. The van der Waals surface area contributed by atoms with Crippen molar-refractivity contribution in [3.8, 4) is 5.75 Å². The maximum absolute atomic E-state index is 12.7. The Morgan fingerprint density at radius 2 is 1.84 bits per heavy atom. The molecule has 3 aromatic rings. The average Bonchev–Trinajstić information content (AvgIpc) is 3.53. The SMILES string of the molecule is COC(=O)C(c1ccc(OCc2ccc3ccccc3n2)cc1C1CC1)C1CCCC1. The van der Waals surface area contributed by atoms with Crippen molar-refractivity contribution in [2.75, 3.05) is 7.11 Å². The number of esters is 1. The molecule has 0 N–H and O–H groups in total. The Hall–Kier alpha value is -2.88. The van der Waals surface area contributed by atoms with Crippen molar-refractivity contribution >= 4 is 16.9 Å². The topological polar surface area (TPSA) is 48.4 Å². The summed E-state index contributed by atoms with van der Waals surface area (Å²) in [6, 6.07) is 18.5. The summed E-state index contributed by atoms with van der Waals surface area (Å²) in [6.45, 7) is 0.428. The lowest BCUT2D eigenvalue weighted by atomic mass is 9.81. The number of nitrogens with zero attached hydrogens (tertiary/aromatic N) is 1. The van der Waals surface area contributed by atoms with Gasteiger partial charge >= 0.3 is 5.97 Å². The highest BCUT2D eigenvalue weighted by Crippen LogP contribution is 2.48. The average molecular weight is 416 g/mol. The molecule has 31 heavy (non-hydrogen) atoms. The van der Waals surface area contributed by atoms with Crippen LogP contribution in [0.5, 0.6) is 5.75 Å². The minimum absolute atomic E-state index is 0.0946. The first kappa shape index (κ1) is 20.0. The molecule has 2 saturated carbocycles. The van der Waals surface area contributed by atoms with Gasteiger partial charge in [0.1, 0.15) is 12.4 Å². The zero-order valence-corrected chi connectivity index (χ0v) is 18.0. The fourth-order valence-corrected chi connectivity index (χ4v) is 5.01. The van der Waals surface area contributed by atoms with E-state index in [9.17, 15) is 4.79 Å². The smallest absolute Gasteiger partial charge is 0.313 e. The van der Waals surface area contributed by atoms with Crippen molar-refractivity contribution in [1.82, 2.24) is 4.98 Å². The second-order valence-corrected chi connectivity index (χ2v) is 8.89. The Balaban J connectivity index is 1.39. The lowest BCUT2D eigenvalue weighted by Gasteiger charge is -2.24. The standard InChI is InChI=1S/C27H29NO3/c1-30-27(29)26(20-7-2-3-8-20)23-15-14-22(16-24(23)18-10-11-18)31-17-21-13-12-19-6-4-5-9-25(19)28-21/h4-6,9,12-16,18,20,26H,2-3,7-8,10-11,17H2,1H3. The van der Waals surface area contributed by atoms with Crippen LogP contribution in [0.25, 0.3) is 10.9 Å². The first-order valence-electron chi connectivity index (χ1n) is 11.4. The number of methoxy groups -OCH3 is 1. The van der Waals surface area contributed by atoms with Crippen molar-refractivity contribution in [2.24, 2.45) is 5.92 Å². The highest BCUT2D eigenvalue weighted by molar-refractivity contribution is 5.79. The second-order valence-electron chi connectivity index (χ2n) is 8.89. The quantitative estimate of drug-likeness (QED) is 0.435. The molecule has 4 nitrogen and oxygen atoms in total. The highest BCUT2D eigenvalue weighted by atomic mass is 16.5. The molecule has 0 amide bonds. The van der Waals surface area contributed by atoms with Gasteiger partial charge in [-0.1, -0.05) is 43.2 Å². The number of carbonyl (C=O) groups excluding carboxylic acids is 1. The van der Waals surface area contributed by atoms with Gasteiger partial charge in [0.25, 0.3) is 0 Å². The Morgan fingerprint density at radius 3 is 2.61 bits per heavy atom. The molecule has 1 aromatic heterocycles. The van der Waals surface area contributed by atoms with E-state index >= 15 is 0 Å². The van der Waals surface area contributed by atoms with Crippen LogP contribution in [0.1, 0.15) is 67.2 Å². The molecular weight excluding hydrogens is 386 g/mol. The summed E-state index contributed by atoms with van der Waals surface area (Å²) in [4.78, 5) is 17.4. The number of hydrogen-bond acceptors (Lipinski definition) is 4. The van der Waals surface area contributed by atoms with Gasteiger partial charge in [-0.3, -0.25) is 4.79 Å². The van der Waals surface area contributed by atoms with Gasteiger partial charge < -0.3 is 9.47 Å². The molecule has 0 saturated heterocycles. The van der Waals surface area contributed by atoms with E-state index < -0.39 is 0 Å². The summed E-state index contributed by atoms with van der Waals surface area (Å²) in [5, 5.41) is 1.13. The highest BCUT2D eigenvalue weighted by Gasteiger charge is 2.37. The van der Waals surface area contributed by atoms with Crippen LogP contribution >= 0.6 is 0 Å². The normalized spacial score (nSPS) is 17.6. The van der Waals surface area contributed by atoms with Gasteiger partial charge in [0, 0.05) is 5.39 Å². The Morgan fingerprint density at radius 1 is 1.03 bits per heavy atom. The fraction of sp³-hybridized carbons (Fsp3) is 0.407. The minimum Gasteiger partial charge on any atom is -0.487 e. The van der Waals surface area contributed by atoms with Crippen LogP contribution in [0, 0.1) is 5.92 Å². The molecule has 1 atom stereocenters. The zero-order valence-electron chi connectivity index (χ0n) is 18.0. The molecule has 2 aliphatic carbocycles. The van der Waals surface area contributed by atoms with Crippen LogP contribution in [0.15, 0.2) is 54.6 Å². The van der Waals surface area contributed by atoms with Crippen molar-refractivity contribution < 1.29 is 14.3 Å². The van der Waals surface area contributed by atoms with Gasteiger partial charge in [-0.2, -0.15) is 0 Å². The van der Waals surface area contributed by atoms with Gasteiger partial charge in [0.15, 0.2) is 0 Å². The van der Waals surface area contributed by atoms with Crippen LogP contribution in [-0.2, 0) is 16.1 Å². The van der Waals surface area contributed by atoms with Gasteiger partial charge in [-0.25, -0.2) is 4.98 Å². The molecule has 0 radical (unpaired) electrons. The van der Waals surface area contributed by atoms with Gasteiger partial charge in [-0.15, -0.1) is 0 Å². The molecule has 2 fully saturated rings. The minimum atomic E-state index is -0.153. The van der Waals surface area contributed by atoms with E-state index in [-0.39, 0.29) is 11.9 Å². The molecule has 1 heterocycles. The van der Waals surface area contributed by atoms with Crippen molar-refractivity contribution in [3.05, 3.63) is 71.4 Å². The summed E-state index contributed by atoms with van der Waals surface area (Å²) in [7, 11) is 1.51. The predicted molar refractivity (Wildman–Crippen MR) is 121 cm³/mol. The molecule has 0 spiro atoms. The largest absolute Gasteiger partial charge is 0.487 e. The lowest BCUT2D eigenvalue weighted by Crippen LogP contribution is -2.22. The molecule has 2 aromatic carbocycles. The third-order valence-corrected chi connectivity index (χ3v) is 6.78. The Labute approximate surface area is 183 Å². The molecule has 160 valence electrons. The van der Waals surface area contributed by atoms with Gasteiger partial charge in [0.05, 0.1) is 24.2 Å². The van der Waals surface area contributed by atoms with Crippen LogP contribution in [0.3, 0.4) is 0 Å². The number of rotatable bonds is 7. The predicted octanol–water partition coefficient (Wildman–Crippen LogP) is 6.14. The van der Waals surface area contributed by atoms with Crippen LogP contribution in [0.4, 0.5) is 0 Å². The van der Waals surface area contributed by atoms with E-state index in [1.807, 2.05) is 30.3 Å². The monoisotopic (exact) mass is 415 g/mol. The van der Waals surface area contributed by atoms with E-state index in [0.29, 0.717) is 18.4 Å². The van der Waals surface area contributed by atoms with E-state index in [0.717, 1.165) is 40.8 Å². The van der Waals surface area contributed by atoms with Crippen molar-refractivity contribution in [3.63, 3.8) is 0 Å². The summed E-state index contributed by atoms with van der Waals surface area (Å²) in [5.74, 6) is 1.52. The van der Waals surface area contributed by atoms with Crippen molar-refractivity contribution in [1.29, 1.82) is 0 Å². The molecule has 4 heteroatoms. The molecule has 5 rings (SSSR count). The first-order chi connectivity index (χ1) is 15.2. The maximum Gasteiger partial charge on any atom is 0.313 e. The molecule has 2 aliphatic rings. The first-order valence-corrected chi connectivity index (χ1v) is 11.4. The number of aromatic nitrogens is 1. The summed E-state index contributed by atoms with van der Waals surface area (Å²) < 4.78 is 11.4. The fourth-order valence-electron chi connectivity index (χ4n) is 5.01. The molecule has 0 bridgehead atoms. The number of hydrogen-bond donors (Lipinski definition) is 0. The Bertz CT molecular complexity index is 1080. The summed E-state index contributed by atoms with van der Waals surface area (Å²) in [6.07, 6.45) is 6.99. The molecular formula is C27H29NO3. The number of fused-ring (bicyclic) bond motifs is 1. The van der Waals surface area contributed by atoms with E-state index in [4.69, 9.17) is 14.5 Å². The second kappa shape index (κ2) is 8.70. The van der Waals surface area contributed by atoms with Gasteiger partial charge in [-0.05, 0) is 72.9 Å². The zero-order chi connectivity index (χ0) is 21.2. The number of para-hydroxylation sites is 1. The number of carbonyl (C=O) groups is 1. The number of pyridine rings is 1. The maximum atomic E-state index is 12.7. The van der Waals surface area contributed by atoms with Crippen LogP contribution in [0.2, 0.25) is 0 Å². The third-order valence-electron chi connectivity index (χ3n) is 6.78. The van der Waals surface area contributed by atoms with Crippen LogP contribution in [-0.4, -0.2) is 18.1 Å². The Kier molecular flexibility index (Phi) is 5.63. The van der Waals surface area contributed by atoms with Gasteiger partial charge in [0.2, 0.25) is 0 Å². The lowest BCUT2D eigenvalue weighted by molar-refractivity contribution is -0.143. The molecule has 1 unspecified atom stereocenters. The number of ether oxygens (including phenoxy) is 2. The van der Waals surface area contributed by atoms with Crippen molar-refractivity contribution in [2.45, 2.75) is 57.0 Å².